The first-order chi connectivity index (χ1) is 5.70. The summed E-state index contributed by atoms with van der Waals surface area (Å²) in [5.41, 5.74) is 3.91. The molecule has 12 heavy (non-hydrogen) atoms. The topological polar surface area (TPSA) is 20.2 Å². The van der Waals surface area contributed by atoms with Gasteiger partial charge in [0.2, 0.25) is 0 Å². The molecule has 0 bridgehead atoms. The maximum atomic E-state index is 9.74. The molecule has 0 unspecified atom stereocenters. The second-order valence-electron chi connectivity index (χ2n) is 3.33. The molecular weight excluding hydrogens is 263 g/mol. The van der Waals surface area contributed by atoms with Gasteiger partial charge in [0.1, 0.15) is 5.75 Å². The van der Waals surface area contributed by atoms with E-state index in [0.29, 0.717) is 5.75 Å². The fourth-order valence-electron chi connectivity index (χ4n) is 1.93. The van der Waals surface area contributed by atoms with Crippen LogP contribution in [0.5, 0.6) is 5.75 Å². The highest BCUT2D eigenvalue weighted by atomic mass is 127. The SMILES string of the molecule is Cc1cc(I)c(O)c2c1CCC2. The zero-order valence-electron chi connectivity index (χ0n) is 7.02. The Bertz CT molecular complexity index is 331. The molecule has 0 aromatic heterocycles. The maximum Gasteiger partial charge on any atom is 0.132 e. The van der Waals surface area contributed by atoms with Crippen molar-refractivity contribution in [3.05, 3.63) is 26.3 Å². The van der Waals surface area contributed by atoms with E-state index in [1.807, 2.05) is 0 Å². The summed E-state index contributed by atoms with van der Waals surface area (Å²) in [5, 5.41) is 9.74. The molecular formula is C10H11IO. The van der Waals surface area contributed by atoms with Crippen LogP contribution in [0.2, 0.25) is 0 Å². The van der Waals surface area contributed by atoms with Gasteiger partial charge >= 0.3 is 0 Å². The van der Waals surface area contributed by atoms with E-state index in [0.717, 1.165) is 16.4 Å². The van der Waals surface area contributed by atoms with Crippen LogP contribution in [-0.2, 0) is 12.8 Å². The smallest absolute Gasteiger partial charge is 0.132 e. The Labute approximate surface area is 85.9 Å². The molecule has 64 valence electrons. The molecule has 1 aliphatic carbocycles. The molecule has 0 amide bonds. The lowest BCUT2D eigenvalue weighted by atomic mass is 10.0. The minimum absolute atomic E-state index is 0.522. The van der Waals surface area contributed by atoms with E-state index in [-0.39, 0.29) is 0 Å². The van der Waals surface area contributed by atoms with E-state index < -0.39 is 0 Å². The molecule has 0 atom stereocenters. The second kappa shape index (κ2) is 2.91. The first-order valence-corrected chi connectivity index (χ1v) is 5.28. The van der Waals surface area contributed by atoms with Crippen LogP contribution < -0.4 is 0 Å². The van der Waals surface area contributed by atoms with Gasteiger partial charge in [0, 0.05) is 0 Å². The lowest BCUT2D eigenvalue weighted by Gasteiger charge is -2.07. The summed E-state index contributed by atoms with van der Waals surface area (Å²) < 4.78 is 0.991. The van der Waals surface area contributed by atoms with Crippen LogP contribution in [0.1, 0.15) is 23.1 Å². The lowest BCUT2D eigenvalue weighted by Crippen LogP contribution is -1.90. The fraction of sp³-hybridized carbons (Fsp3) is 0.400. The van der Waals surface area contributed by atoms with Crippen molar-refractivity contribution < 1.29 is 5.11 Å². The van der Waals surface area contributed by atoms with Crippen LogP contribution in [0.4, 0.5) is 0 Å². The van der Waals surface area contributed by atoms with Gasteiger partial charge in [0.25, 0.3) is 0 Å². The Morgan fingerprint density at radius 2 is 2.00 bits per heavy atom. The third-order valence-corrected chi connectivity index (χ3v) is 3.37. The molecule has 1 nitrogen and oxygen atoms in total. The Hall–Kier alpha value is -0.250. The molecule has 0 saturated heterocycles. The molecule has 0 heterocycles. The van der Waals surface area contributed by atoms with Gasteiger partial charge in [-0.25, -0.2) is 0 Å². The fourth-order valence-corrected chi connectivity index (χ4v) is 2.72. The van der Waals surface area contributed by atoms with E-state index in [2.05, 4.69) is 35.6 Å². The number of phenols is 1. The highest BCUT2D eigenvalue weighted by molar-refractivity contribution is 14.1. The van der Waals surface area contributed by atoms with Crippen LogP contribution in [0.25, 0.3) is 0 Å². The van der Waals surface area contributed by atoms with Gasteiger partial charge < -0.3 is 5.11 Å². The first-order valence-electron chi connectivity index (χ1n) is 4.20. The number of fused-ring (bicyclic) bond motifs is 1. The zero-order chi connectivity index (χ0) is 8.72. The molecule has 0 spiro atoms. The van der Waals surface area contributed by atoms with Crippen molar-refractivity contribution in [1.29, 1.82) is 0 Å². The van der Waals surface area contributed by atoms with Gasteiger partial charge in [-0.3, -0.25) is 0 Å². The van der Waals surface area contributed by atoms with Gasteiger partial charge in [0.15, 0.2) is 0 Å². The summed E-state index contributed by atoms with van der Waals surface area (Å²) in [7, 11) is 0. The Morgan fingerprint density at radius 1 is 1.33 bits per heavy atom. The van der Waals surface area contributed by atoms with E-state index >= 15 is 0 Å². The van der Waals surface area contributed by atoms with Crippen molar-refractivity contribution in [2.24, 2.45) is 0 Å². The van der Waals surface area contributed by atoms with E-state index in [1.54, 1.807) is 0 Å². The molecule has 1 aromatic rings. The van der Waals surface area contributed by atoms with Gasteiger partial charge in [-0.1, -0.05) is 0 Å². The quantitative estimate of drug-likeness (QED) is 0.721. The molecule has 2 heteroatoms. The zero-order valence-corrected chi connectivity index (χ0v) is 9.18. The number of aromatic hydroxyl groups is 1. The van der Waals surface area contributed by atoms with Crippen molar-refractivity contribution in [2.75, 3.05) is 0 Å². The Kier molecular flexibility index (Phi) is 2.02. The van der Waals surface area contributed by atoms with Crippen molar-refractivity contribution in [3.8, 4) is 5.75 Å². The number of hydrogen-bond donors (Lipinski definition) is 1. The highest BCUT2D eigenvalue weighted by Crippen LogP contribution is 2.35. The second-order valence-corrected chi connectivity index (χ2v) is 4.50. The normalized spacial score (nSPS) is 14.8. The number of rotatable bonds is 0. The average molecular weight is 274 g/mol. The molecule has 0 saturated carbocycles. The molecule has 2 rings (SSSR count). The molecule has 1 N–H and O–H groups in total. The van der Waals surface area contributed by atoms with Gasteiger partial charge in [-0.15, -0.1) is 0 Å². The summed E-state index contributed by atoms with van der Waals surface area (Å²) in [4.78, 5) is 0. The van der Waals surface area contributed by atoms with Gasteiger partial charge in [-0.2, -0.15) is 0 Å². The van der Waals surface area contributed by atoms with Crippen molar-refractivity contribution in [3.63, 3.8) is 0 Å². The van der Waals surface area contributed by atoms with Crippen LogP contribution in [0, 0.1) is 10.5 Å². The van der Waals surface area contributed by atoms with Crippen molar-refractivity contribution >= 4 is 22.6 Å². The van der Waals surface area contributed by atoms with Crippen molar-refractivity contribution in [1.82, 2.24) is 0 Å². The summed E-state index contributed by atoms with van der Waals surface area (Å²) in [6.45, 7) is 2.13. The number of halogens is 1. The van der Waals surface area contributed by atoms with Gasteiger partial charge in [-0.05, 0) is 71.5 Å². The van der Waals surface area contributed by atoms with Crippen LogP contribution in [0.15, 0.2) is 6.07 Å². The molecule has 0 radical (unpaired) electrons. The standard InChI is InChI=1S/C10H11IO/c1-6-5-9(11)10(12)8-4-2-3-7(6)8/h5,12H,2-4H2,1H3. The lowest BCUT2D eigenvalue weighted by molar-refractivity contribution is 0.465. The van der Waals surface area contributed by atoms with Crippen LogP contribution in [-0.4, -0.2) is 5.11 Å². The van der Waals surface area contributed by atoms with Crippen molar-refractivity contribution in [2.45, 2.75) is 26.2 Å². The largest absolute Gasteiger partial charge is 0.507 e. The summed E-state index contributed by atoms with van der Waals surface area (Å²) in [6, 6.07) is 2.07. The van der Waals surface area contributed by atoms with E-state index in [9.17, 15) is 5.11 Å². The third-order valence-electron chi connectivity index (χ3n) is 2.55. The summed E-state index contributed by atoms with van der Waals surface area (Å²) in [6.07, 6.45) is 3.40. The minimum atomic E-state index is 0.522. The molecule has 1 aliphatic rings. The number of aryl methyl sites for hydroxylation is 1. The van der Waals surface area contributed by atoms with Crippen LogP contribution in [0.3, 0.4) is 0 Å². The number of phenolic OH excluding ortho intramolecular Hbond substituents is 1. The predicted octanol–water partition coefficient (Wildman–Crippen LogP) is 2.79. The predicted molar refractivity (Wildman–Crippen MR) is 57.6 cm³/mol. The van der Waals surface area contributed by atoms with E-state index in [4.69, 9.17) is 0 Å². The monoisotopic (exact) mass is 274 g/mol. The third kappa shape index (κ3) is 1.13. The Balaban J connectivity index is 2.69. The average Bonchev–Trinajstić information content (AvgIpc) is 2.48. The van der Waals surface area contributed by atoms with Crippen LogP contribution >= 0.6 is 22.6 Å². The number of benzene rings is 1. The maximum absolute atomic E-state index is 9.74. The van der Waals surface area contributed by atoms with E-state index in [1.165, 1.54) is 23.1 Å². The summed E-state index contributed by atoms with van der Waals surface area (Å²) >= 11 is 2.19. The van der Waals surface area contributed by atoms with Gasteiger partial charge in [0.05, 0.1) is 3.57 Å². The minimum Gasteiger partial charge on any atom is -0.507 e. The highest BCUT2D eigenvalue weighted by Gasteiger charge is 2.18. The molecule has 1 aromatic carbocycles. The first kappa shape index (κ1) is 8.35. The Morgan fingerprint density at radius 3 is 2.75 bits per heavy atom. The molecule has 0 fully saturated rings. The number of hydrogen-bond acceptors (Lipinski definition) is 1. The molecule has 0 aliphatic heterocycles. The summed E-state index contributed by atoms with van der Waals surface area (Å²) in [5.74, 6) is 0.522.